The lowest BCUT2D eigenvalue weighted by atomic mass is 9.94. The number of carbonyl (C=O) groups excluding carboxylic acids is 1. The van der Waals surface area contributed by atoms with Gasteiger partial charge in [-0.3, -0.25) is 9.48 Å². The van der Waals surface area contributed by atoms with E-state index in [1.807, 2.05) is 13.8 Å². The summed E-state index contributed by atoms with van der Waals surface area (Å²) in [6, 6.07) is 1.11. The van der Waals surface area contributed by atoms with E-state index >= 15 is 0 Å². The normalized spacial score (nSPS) is 27.5. The number of amides is 1. The molecule has 1 aromatic rings. The molecule has 120 valence electrons. The molecule has 1 aromatic heterocycles. The third-order valence-electron chi connectivity index (χ3n) is 5.11. The van der Waals surface area contributed by atoms with Gasteiger partial charge in [0.2, 0.25) is 0 Å². The lowest BCUT2D eigenvalue weighted by Gasteiger charge is -2.24. The topological polar surface area (TPSA) is 75.4 Å². The van der Waals surface area contributed by atoms with Gasteiger partial charge < -0.3 is 10.0 Å². The molecule has 0 radical (unpaired) electrons. The molecule has 1 amide bonds. The summed E-state index contributed by atoms with van der Waals surface area (Å²) in [6.45, 7) is 4.61. The van der Waals surface area contributed by atoms with Gasteiger partial charge in [-0.2, -0.15) is 5.10 Å². The van der Waals surface area contributed by atoms with E-state index in [0.29, 0.717) is 18.2 Å². The predicted molar refractivity (Wildman–Crippen MR) is 80.6 cm³/mol. The fourth-order valence-electron chi connectivity index (χ4n) is 3.95. The molecule has 6 nitrogen and oxygen atoms in total. The van der Waals surface area contributed by atoms with Crippen LogP contribution in [0.1, 0.15) is 55.2 Å². The van der Waals surface area contributed by atoms with Crippen molar-refractivity contribution in [2.45, 2.75) is 45.1 Å². The van der Waals surface area contributed by atoms with E-state index in [9.17, 15) is 14.7 Å². The van der Waals surface area contributed by atoms with Crippen LogP contribution in [0.25, 0.3) is 0 Å². The van der Waals surface area contributed by atoms with E-state index in [2.05, 4.69) is 5.10 Å². The summed E-state index contributed by atoms with van der Waals surface area (Å²) < 4.78 is 1.57. The molecule has 0 bridgehead atoms. The number of nitrogens with zero attached hydrogens (tertiary/aromatic N) is 3. The molecule has 2 aliphatic rings. The van der Waals surface area contributed by atoms with Crippen LogP contribution >= 0.6 is 0 Å². The first-order chi connectivity index (χ1) is 10.4. The van der Waals surface area contributed by atoms with Gasteiger partial charge in [-0.05, 0) is 36.7 Å². The highest BCUT2D eigenvalue weighted by molar-refractivity contribution is 5.96. The van der Waals surface area contributed by atoms with Gasteiger partial charge in [0, 0.05) is 13.6 Å². The van der Waals surface area contributed by atoms with Gasteiger partial charge in [0.25, 0.3) is 5.91 Å². The summed E-state index contributed by atoms with van der Waals surface area (Å²) >= 11 is 0. The second-order valence-corrected chi connectivity index (χ2v) is 6.83. The summed E-state index contributed by atoms with van der Waals surface area (Å²) in [7, 11) is 1.74. The minimum Gasteiger partial charge on any atom is -0.480 e. The molecule has 1 aliphatic heterocycles. The Morgan fingerprint density at radius 3 is 2.68 bits per heavy atom. The van der Waals surface area contributed by atoms with Crippen LogP contribution in [0.5, 0.6) is 0 Å². The van der Waals surface area contributed by atoms with E-state index in [1.54, 1.807) is 22.7 Å². The van der Waals surface area contributed by atoms with Gasteiger partial charge in [0.05, 0.1) is 5.69 Å². The average Bonchev–Trinajstić information content (AvgIpc) is 3.09. The monoisotopic (exact) mass is 305 g/mol. The van der Waals surface area contributed by atoms with Crippen molar-refractivity contribution < 1.29 is 14.7 Å². The quantitative estimate of drug-likeness (QED) is 0.925. The number of carboxylic acids is 1. The van der Waals surface area contributed by atoms with Crippen molar-refractivity contribution in [1.29, 1.82) is 0 Å². The Bertz CT molecular complexity index is 608. The zero-order chi connectivity index (χ0) is 16.0. The van der Waals surface area contributed by atoms with Crippen LogP contribution in [-0.2, 0) is 11.8 Å². The number of carbonyl (C=O) groups is 2. The summed E-state index contributed by atoms with van der Waals surface area (Å²) in [4.78, 5) is 26.1. The van der Waals surface area contributed by atoms with Crippen molar-refractivity contribution in [1.82, 2.24) is 14.7 Å². The van der Waals surface area contributed by atoms with Gasteiger partial charge in [0.1, 0.15) is 11.7 Å². The number of aliphatic carboxylic acids is 1. The first-order valence-corrected chi connectivity index (χ1v) is 7.98. The third-order valence-corrected chi connectivity index (χ3v) is 5.11. The summed E-state index contributed by atoms with van der Waals surface area (Å²) in [6.07, 6.45) is 3.01. The first-order valence-electron chi connectivity index (χ1n) is 7.98. The highest BCUT2D eigenvalue weighted by Gasteiger charge is 2.50. The van der Waals surface area contributed by atoms with Gasteiger partial charge >= 0.3 is 5.97 Å². The second-order valence-electron chi connectivity index (χ2n) is 6.83. The van der Waals surface area contributed by atoms with Crippen molar-refractivity contribution in [3.63, 3.8) is 0 Å². The van der Waals surface area contributed by atoms with Gasteiger partial charge in [-0.15, -0.1) is 0 Å². The largest absolute Gasteiger partial charge is 0.480 e. The van der Waals surface area contributed by atoms with Crippen LogP contribution in [0.2, 0.25) is 0 Å². The SMILES string of the molecule is CC(C)c1cc(C(=O)N2CC3CCCC3C2C(=O)O)n(C)n1. The molecule has 6 heteroatoms. The van der Waals surface area contributed by atoms with Gasteiger partial charge in [-0.25, -0.2) is 4.79 Å². The Balaban J connectivity index is 1.89. The number of fused-ring (bicyclic) bond motifs is 1. The number of rotatable bonds is 3. The van der Waals surface area contributed by atoms with Crippen LogP contribution in [0, 0.1) is 11.8 Å². The van der Waals surface area contributed by atoms with Crippen LogP contribution in [0.3, 0.4) is 0 Å². The zero-order valence-corrected chi connectivity index (χ0v) is 13.3. The standard InChI is InChI=1S/C16H23N3O3/c1-9(2)12-7-13(18(3)17-12)15(20)19-8-10-5-4-6-11(10)14(19)16(21)22/h7,9-11,14H,4-6,8H2,1-3H3,(H,21,22). The number of likely N-dealkylation sites (tertiary alicyclic amines) is 1. The second kappa shape index (κ2) is 5.41. The molecule has 2 fully saturated rings. The first kappa shape index (κ1) is 15.1. The van der Waals surface area contributed by atoms with Crippen molar-refractivity contribution in [2.24, 2.45) is 18.9 Å². The summed E-state index contributed by atoms with van der Waals surface area (Å²) in [5, 5.41) is 13.9. The van der Waals surface area contributed by atoms with Crippen molar-refractivity contribution in [3.8, 4) is 0 Å². The Morgan fingerprint density at radius 1 is 1.36 bits per heavy atom. The summed E-state index contributed by atoms with van der Waals surface area (Å²) in [5.41, 5.74) is 1.34. The number of carboxylic acid groups (broad SMARTS) is 1. The Kier molecular flexibility index (Phi) is 3.70. The molecule has 1 N–H and O–H groups in total. The van der Waals surface area contributed by atoms with Crippen molar-refractivity contribution in [2.75, 3.05) is 6.54 Å². The maximum atomic E-state index is 12.9. The van der Waals surface area contributed by atoms with Crippen LogP contribution in [-0.4, -0.2) is 44.3 Å². The Hall–Kier alpha value is -1.85. The van der Waals surface area contributed by atoms with E-state index < -0.39 is 12.0 Å². The Labute approximate surface area is 130 Å². The number of hydrogen-bond donors (Lipinski definition) is 1. The van der Waals surface area contributed by atoms with E-state index in [4.69, 9.17) is 0 Å². The number of aryl methyl sites for hydroxylation is 1. The maximum absolute atomic E-state index is 12.9. The highest BCUT2D eigenvalue weighted by Crippen LogP contribution is 2.42. The number of hydrogen-bond acceptors (Lipinski definition) is 3. The molecule has 2 heterocycles. The highest BCUT2D eigenvalue weighted by atomic mass is 16.4. The lowest BCUT2D eigenvalue weighted by molar-refractivity contribution is -0.142. The van der Waals surface area contributed by atoms with Crippen LogP contribution < -0.4 is 0 Å². The molecule has 3 atom stereocenters. The maximum Gasteiger partial charge on any atom is 0.326 e. The molecule has 0 spiro atoms. The molecule has 1 saturated carbocycles. The molecular formula is C16H23N3O3. The molecule has 0 aromatic carbocycles. The minimum absolute atomic E-state index is 0.110. The third kappa shape index (κ3) is 2.30. The average molecular weight is 305 g/mol. The number of aromatic nitrogens is 2. The smallest absolute Gasteiger partial charge is 0.326 e. The van der Waals surface area contributed by atoms with E-state index in [-0.39, 0.29) is 17.7 Å². The van der Waals surface area contributed by atoms with Crippen LogP contribution in [0.4, 0.5) is 0 Å². The lowest BCUT2D eigenvalue weighted by Crippen LogP contribution is -2.43. The fourth-order valence-corrected chi connectivity index (χ4v) is 3.95. The van der Waals surface area contributed by atoms with Crippen molar-refractivity contribution >= 4 is 11.9 Å². The minimum atomic E-state index is -0.881. The zero-order valence-electron chi connectivity index (χ0n) is 13.3. The fraction of sp³-hybridized carbons (Fsp3) is 0.688. The molecule has 3 unspecified atom stereocenters. The summed E-state index contributed by atoms with van der Waals surface area (Å²) in [5.74, 6) is -0.402. The Morgan fingerprint density at radius 2 is 2.09 bits per heavy atom. The van der Waals surface area contributed by atoms with Crippen molar-refractivity contribution in [3.05, 3.63) is 17.5 Å². The molecule has 1 saturated heterocycles. The van der Waals surface area contributed by atoms with E-state index in [0.717, 1.165) is 25.0 Å². The predicted octanol–water partition coefficient (Wildman–Crippen LogP) is 1.87. The van der Waals surface area contributed by atoms with Crippen LogP contribution in [0.15, 0.2) is 6.07 Å². The van der Waals surface area contributed by atoms with Gasteiger partial charge in [0.15, 0.2) is 0 Å². The molecular weight excluding hydrogens is 282 g/mol. The molecule has 22 heavy (non-hydrogen) atoms. The molecule has 3 rings (SSSR count). The van der Waals surface area contributed by atoms with Gasteiger partial charge in [-0.1, -0.05) is 20.3 Å². The molecule has 1 aliphatic carbocycles. The van der Waals surface area contributed by atoms with E-state index in [1.165, 1.54) is 0 Å².